The molecule has 0 spiro atoms. The zero-order valence-electron chi connectivity index (χ0n) is 8.15. The molecule has 82 valence electrons. The maximum atomic E-state index is 5.50. The summed E-state index contributed by atoms with van der Waals surface area (Å²) in [6.45, 7) is 1.33. The molecule has 2 heterocycles. The van der Waals surface area contributed by atoms with Crippen LogP contribution in [0.15, 0.2) is 10.7 Å². The van der Waals surface area contributed by atoms with Crippen LogP contribution in [0.1, 0.15) is 12.8 Å². The van der Waals surface area contributed by atoms with Gasteiger partial charge in [0, 0.05) is 6.61 Å². The SMILES string of the molecule is Nc1ncc(Br)c(OCC2CCCO2)n1. The van der Waals surface area contributed by atoms with Gasteiger partial charge in [-0.15, -0.1) is 0 Å². The number of aromatic nitrogens is 2. The summed E-state index contributed by atoms with van der Waals surface area (Å²) in [4.78, 5) is 7.80. The van der Waals surface area contributed by atoms with E-state index in [0.29, 0.717) is 17.0 Å². The molecule has 1 aromatic rings. The number of anilines is 1. The van der Waals surface area contributed by atoms with E-state index in [0.717, 1.165) is 19.4 Å². The van der Waals surface area contributed by atoms with Crippen LogP contribution in [0.3, 0.4) is 0 Å². The minimum atomic E-state index is 0.174. The molecule has 1 unspecified atom stereocenters. The molecule has 1 saturated heterocycles. The van der Waals surface area contributed by atoms with Crippen LogP contribution in [-0.4, -0.2) is 29.3 Å². The van der Waals surface area contributed by atoms with E-state index in [1.807, 2.05) is 0 Å². The van der Waals surface area contributed by atoms with E-state index < -0.39 is 0 Å². The first-order valence-electron chi connectivity index (χ1n) is 4.78. The molecule has 0 radical (unpaired) electrons. The van der Waals surface area contributed by atoms with Crippen LogP contribution in [0.2, 0.25) is 0 Å². The quantitative estimate of drug-likeness (QED) is 0.901. The van der Waals surface area contributed by atoms with Crippen molar-refractivity contribution < 1.29 is 9.47 Å². The summed E-state index contributed by atoms with van der Waals surface area (Å²) in [6, 6.07) is 0. The standard InChI is InChI=1S/C9H12BrN3O2/c10-7-4-12-9(11)13-8(7)15-5-6-2-1-3-14-6/h4,6H,1-3,5H2,(H2,11,12,13). The smallest absolute Gasteiger partial charge is 0.232 e. The summed E-state index contributed by atoms with van der Waals surface area (Å²) in [5, 5.41) is 0. The van der Waals surface area contributed by atoms with Crippen LogP contribution >= 0.6 is 15.9 Å². The van der Waals surface area contributed by atoms with Crippen LogP contribution in [0.4, 0.5) is 5.95 Å². The topological polar surface area (TPSA) is 70.3 Å². The van der Waals surface area contributed by atoms with Gasteiger partial charge in [-0.2, -0.15) is 4.98 Å². The van der Waals surface area contributed by atoms with Crippen LogP contribution in [0.25, 0.3) is 0 Å². The first-order valence-corrected chi connectivity index (χ1v) is 5.57. The molecule has 6 heteroatoms. The maximum absolute atomic E-state index is 5.50. The zero-order valence-corrected chi connectivity index (χ0v) is 9.74. The zero-order chi connectivity index (χ0) is 10.7. The second kappa shape index (κ2) is 4.76. The van der Waals surface area contributed by atoms with Gasteiger partial charge in [0.1, 0.15) is 6.61 Å². The lowest BCUT2D eigenvalue weighted by atomic mass is 10.2. The van der Waals surface area contributed by atoms with Gasteiger partial charge in [0.05, 0.1) is 16.8 Å². The van der Waals surface area contributed by atoms with Gasteiger partial charge in [-0.1, -0.05) is 0 Å². The molecule has 2 rings (SSSR count). The number of rotatable bonds is 3. The fourth-order valence-electron chi connectivity index (χ4n) is 1.41. The second-order valence-corrected chi connectivity index (χ2v) is 4.18. The molecular weight excluding hydrogens is 262 g/mol. The first kappa shape index (κ1) is 10.6. The molecule has 15 heavy (non-hydrogen) atoms. The Morgan fingerprint density at radius 1 is 1.67 bits per heavy atom. The minimum absolute atomic E-state index is 0.174. The maximum Gasteiger partial charge on any atom is 0.232 e. The Morgan fingerprint density at radius 2 is 2.53 bits per heavy atom. The van der Waals surface area contributed by atoms with E-state index in [4.69, 9.17) is 15.2 Å². The first-order chi connectivity index (χ1) is 7.25. The highest BCUT2D eigenvalue weighted by Gasteiger charge is 2.17. The lowest BCUT2D eigenvalue weighted by Gasteiger charge is -2.11. The van der Waals surface area contributed by atoms with Gasteiger partial charge >= 0.3 is 0 Å². The number of nitrogen functional groups attached to an aromatic ring is 1. The summed E-state index contributed by atoms with van der Waals surface area (Å²) in [7, 11) is 0. The molecule has 1 fully saturated rings. The van der Waals surface area contributed by atoms with E-state index in [9.17, 15) is 0 Å². The molecule has 0 saturated carbocycles. The third kappa shape index (κ3) is 2.79. The number of hydrogen-bond donors (Lipinski definition) is 1. The molecule has 1 aromatic heterocycles. The number of nitrogens with zero attached hydrogens (tertiary/aromatic N) is 2. The van der Waals surface area contributed by atoms with Crippen molar-refractivity contribution in [3.05, 3.63) is 10.7 Å². The fourth-order valence-corrected chi connectivity index (χ4v) is 1.72. The second-order valence-electron chi connectivity index (χ2n) is 3.33. The lowest BCUT2D eigenvalue weighted by Crippen LogP contribution is -2.17. The minimum Gasteiger partial charge on any atom is -0.474 e. The highest BCUT2D eigenvalue weighted by atomic mass is 79.9. The molecule has 1 aliphatic heterocycles. The molecule has 0 bridgehead atoms. The van der Waals surface area contributed by atoms with Gasteiger partial charge in [0.15, 0.2) is 0 Å². The van der Waals surface area contributed by atoms with Crippen molar-refractivity contribution in [2.75, 3.05) is 18.9 Å². The van der Waals surface area contributed by atoms with Gasteiger partial charge in [-0.25, -0.2) is 4.98 Å². The Hall–Kier alpha value is -0.880. The number of ether oxygens (including phenoxy) is 2. The summed E-state index contributed by atoms with van der Waals surface area (Å²) in [5.74, 6) is 0.679. The molecule has 2 N–H and O–H groups in total. The van der Waals surface area contributed by atoms with Gasteiger partial charge in [0.2, 0.25) is 11.8 Å². The van der Waals surface area contributed by atoms with Crippen LogP contribution in [0, 0.1) is 0 Å². The average molecular weight is 274 g/mol. The van der Waals surface area contributed by atoms with Crippen molar-refractivity contribution in [1.82, 2.24) is 9.97 Å². The Bertz CT molecular complexity index is 342. The molecule has 1 aliphatic rings. The number of nitrogens with two attached hydrogens (primary N) is 1. The van der Waals surface area contributed by atoms with Crippen molar-refractivity contribution in [1.29, 1.82) is 0 Å². The van der Waals surface area contributed by atoms with E-state index in [2.05, 4.69) is 25.9 Å². The van der Waals surface area contributed by atoms with Gasteiger partial charge in [-0.3, -0.25) is 0 Å². The lowest BCUT2D eigenvalue weighted by molar-refractivity contribution is 0.0660. The van der Waals surface area contributed by atoms with Crippen molar-refractivity contribution in [3.63, 3.8) is 0 Å². The normalized spacial score (nSPS) is 20.5. The number of halogens is 1. The molecular formula is C9H12BrN3O2. The molecule has 0 aliphatic carbocycles. The Balaban J connectivity index is 1.94. The highest BCUT2D eigenvalue weighted by Crippen LogP contribution is 2.22. The Morgan fingerprint density at radius 3 is 3.27 bits per heavy atom. The molecule has 5 nitrogen and oxygen atoms in total. The summed E-state index contributed by atoms with van der Waals surface area (Å²) in [6.07, 6.45) is 3.89. The predicted molar refractivity (Wildman–Crippen MR) is 58.6 cm³/mol. The summed E-state index contributed by atoms with van der Waals surface area (Å²) in [5.41, 5.74) is 5.46. The van der Waals surface area contributed by atoms with Gasteiger partial charge in [-0.05, 0) is 28.8 Å². The monoisotopic (exact) mass is 273 g/mol. The third-order valence-corrected chi connectivity index (χ3v) is 2.70. The number of hydrogen-bond acceptors (Lipinski definition) is 5. The molecule has 0 amide bonds. The largest absolute Gasteiger partial charge is 0.474 e. The Labute approximate surface area is 96.1 Å². The van der Waals surface area contributed by atoms with E-state index in [-0.39, 0.29) is 12.1 Å². The summed E-state index contributed by atoms with van der Waals surface area (Å²) >= 11 is 3.29. The van der Waals surface area contributed by atoms with E-state index >= 15 is 0 Å². The molecule has 1 atom stereocenters. The molecule has 0 aromatic carbocycles. The van der Waals surface area contributed by atoms with Crippen LogP contribution < -0.4 is 10.5 Å². The van der Waals surface area contributed by atoms with Crippen molar-refractivity contribution in [2.24, 2.45) is 0 Å². The van der Waals surface area contributed by atoms with E-state index in [1.54, 1.807) is 6.20 Å². The van der Waals surface area contributed by atoms with Crippen molar-refractivity contribution >= 4 is 21.9 Å². The fraction of sp³-hybridized carbons (Fsp3) is 0.556. The Kier molecular flexibility index (Phi) is 3.37. The van der Waals surface area contributed by atoms with Gasteiger partial charge < -0.3 is 15.2 Å². The highest BCUT2D eigenvalue weighted by molar-refractivity contribution is 9.10. The van der Waals surface area contributed by atoms with Crippen molar-refractivity contribution in [3.8, 4) is 5.88 Å². The van der Waals surface area contributed by atoms with Gasteiger partial charge in [0.25, 0.3) is 0 Å². The van der Waals surface area contributed by atoms with Crippen molar-refractivity contribution in [2.45, 2.75) is 18.9 Å². The van der Waals surface area contributed by atoms with E-state index in [1.165, 1.54) is 0 Å². The summed E-state index contributed by atoms with van der Waals surface area (Å²) < 4.78 is 11.6. The third-order valence-electron chi connectivity index (χ3n) is 2.16. The van der Waals surface area contributed by atoms with Crippen LogP contribution in [-0.2, 0) is 4.74 Å². The van der Waals surface area contributed by atoms with Crippen LogP contribution in [0.5, 0.6) is 5.88 Å². The predicted octanol–water partition coefficient (Wildman–Crippen LogP) is 1.38. The average Bonchev–Trinajstić information content (AvgIpc) is 2.72.